The van der Waals surface area contributed by atoms with Crippen LogP contribution in [0.3, 0.4) is 0 Å². The third-order valence-corrected chi connectivity index (χ3v) is 0. The van der Waals surface area contributed by atoms with Crippen LogP contribution in [0.5, 0.6) is 0 Å². The standard InChI is InChI=1S/2Bi.2Er.2Nb.5O/q;;;;2*+5;5*-2. The Morgan fingerprint density at radius 3 is 0.364 bits per heavy atom. The van der Waals surface area contributed by atoms with Gasteiger partial charge in [0.05, 0.1) is 0 Å². The fraction of sp³-hybridized carbons (Fsp3) is 0. The van der Waals surface area contributed by atoms with E-state index in [-0.39, 0.29) is 199 Å². The summed E-state index contributed by atoms with van der Waals surface area (Å²) in [5.41, 5.74) is 0. The van der Waals surface area contributed by atoms with E-state index in [9.17, 15) is 0 Å². The van der Waals surface area contributed by atoms with Crippen molar-refractivity contribution in [3.63, 3.8) is 0 Å². The van der Waals surface area contributed by atoms with Gasteiger partial charge in [-0.25, -0.2) is 0 Å². The van der Waals surface area contributed by atoms with Crippen molar-refractivity contribution in [3.8, 4) is 0 Å². The Bertz CT molecular complexity index is 20.4. The predicted molar refractivity (Wildman–Crippen MR) is 14.9 cm³/mol. The van der Waals surface area contributed by atoms with Crippen molar-refractivity contribution in [2.24, 2.45) is 0 Å². The molecule has 0 amide bonds. The van der Waals surface area contributed by atoms with Gasteiger partial charge in [-0.3, -0.25) is 0 Å². The van der Waals surface area contributed by atoms with Gasteiger partial charge >= 0.3 is 44.8 Å². The van der Waals surface area contributed by atoms with E-state index in [4.69, 9.17) is 0 Å². The molecular weight excluding hydrogens is 1020 g/mol. The zero-order chi connectivity index (χ0) is 0. The van der Waals surface area contributed by atoms with Crippen LogP contribution in [0, 0.1) is 74.6 Å². The Morgan fingerprint density at radius 2 is 0.364 bits per heavy atom. The van der Waals surface area contributed by atoms with Gasteiger partial charge in [-0.15, -0.1) is 0 Å². The Morgan fingerprint density at radius 1 is 0.364 bits per heavy atom. The molecule has 0 heterocycles. The largest absolute Gasteiger partial charge is 5.00 e. The van der Waals surface area contributed by atoms with E-state index >= 15 is 0 Å². The van der Waals surface area contributed by atoms with Gasteiger partial charge in [0, 0.05) is 127 Å². The fourth-order valence-electron chi connectivity index (χ4n) is 0. The first-order valence-electron chi connectivity index (χ1n) is 0. The van der Waals surface area contributed by atoms with Crippen molar-refractivity contribution < 1.29 is 147 Å². The van der Waals surface area contributed by atoms with E-state index in [1.54, 1.807) is 0 Å². The average Bonchev–Trinajstić information content (AvgIpc) is 0. The van der Waals surface area contributed by atoms with Gasteiger partial charge in [0.15, 0.2) is 0 Å². The van der Waals surface area contributed by atoms with Crippen LogP contribution in [-0.4, -0.2) is 52.4 Å². The second-order valence-corrected chi connectivity index (χ2v) is 0. The third kappa shape index (κ3) is 92.8. The van der Waals surface area contributed by atoms with Crippen LogP contribution in [-0.2, 0) is 72.1 Å². The fourth-order valence-corrected chi connectivity index (χ4v) is 0. The number of hydrogen-bond donors (Lipinski definition) is 0. The maximum atomic E-state index is 0. The third-order valence-electron chi connectivity index (χ3n) is 0. The summed E-state index contributed by atoms with van der Waals surface area (Å²) in [6, 6.07) is 0. The molecule has 0 spiro atoms. The molecule has 0 saturated carbocycles. The van der Waals surface area contributed by atoms with E-state index in [1.165, 1.54) is 0 Å². The van der Waals surface area contributed by atoms with Crippen molar-refractivity contribution >= 4 is 52.4 Å². The SMILES string of the molecule is [Bi].[Bi].[Er].[Er].[Nb+5].[Nb+5].[O-2].[O-2].[O-2].[O-2].[O-2]. The Balaban J connectivity index is 0. The molecule has 5 nitrogen and oxygen atoms in total. The normalized spacial score (nSPS) is 0. The molecule has 0 aromatic rings. The molecule has 0 aromatic carbocycles. The van der Waals surface area contributed by atoms with Crippen LogP contribution in [0.15, 0.2) is 0 Å². The van der Waals surface area contributed by atoms with Gasteiger partial charge in [0.25, 0.3) is 0 Å². The zero-order valence-electron chi connectivity index (χ0n) is 4.41. The maximum absolute atomic E-state index is 0. The Labute approximate surface area is 194 Å². The molecule has 74 valence electrons. The molecule has 6 radical (unpaired) electrons. The minimum atomic E-state index is 0. The molecule has 0 bridgehead atoms. The van der Waals surface area contributed by atoms with Crippen LogP contribution in [0.25, 0.3) is 0 Å². The summed E-state index contributed by atoms with van der Waals surface area (Å²) in [5.74, 6) is 0. The van der Waals surface area contributed by atoms with Crippen LogP contribution in [0.1, 0.15) is 0 Å². The van der Waals surface area contributed by atoms with Crippen molar-refractivity contribution in [1.29, 1.82) is 0 Å². The Kier molecular flexibility index (Phi) is 1270. The molecule has 0 unspecified atom stereocenters. The molecule has 0 N–H and O–H groups in total. The molecule has 11 heteroatoms. The van der Waals surface area contributed by atoms with Gasteiger partial charge < -0.3 is 27.4 Å². The quantitative estimate of drug-likeness (QED) is 0.265. The second-order valence-electron chi connectivity index (χ2n) is 0. The summed E-state index contributed by atoms with van der Waals surface area (Å²) in [7, 11) is 0. The first-order valence-corrected chi connectivity index (χ1v) is 0. The van der Waals surface area contributed by atoms with Crippen molar-refractivity contribution in [2.45, 2.75) is 0 Å². The average molecular weight is 1020 g/mol. The van der Waals surface area contributed by atoms with Crippen LogP contribution in [0.2, 0.25) is 0 Å². The van der Waals surface area contributed by atoms with Crippen LogP contribution >= 0.6 is 0 Å². The summed E-state index contributed by atoms with van der Waals surface area (Å²) < 4.78 is 0. The van der Waals surface area contributed by atoms with Crippen LogP contribution in [0.4, 0.5) is 0 Å². The number of rotatable bonds is 0. The molecule has 0 aliphatic rings. The summed E-state index contributed by atoms with van der Waals surface area (Å²) in [5, 5.41) is 0. The van der Waals surface area contributed by atoms with Gasteiger partial charge in [0.1, 0.15) is 0 Å². The van der Waals surface area contributed by atoms with Gasteiger partial charge in [-0.2, -0.15) is 0 Å². The molecule has 0 atom stereocenters. The topological polar surface area (TPSA) is 142 Å². The van der Waals surface area contributed by atoms with Crippen molar-refractivity contribution in [3.05, 3.63) is 0 Å². The first-order chi connectivity index (χ1) is 0. The maximum Gasteiger partial charge on any atom is 5.00 e. The molecular formula is Bi2Er2Nb2O5. The smallest absolute Gasteiger partial charge is 2.00 e. The molecule has 0 fully saturated rings. The molecule has 0 aliphatic heterocycles. The minimum Gasteiger partial charge on any atom is -2.00 e. The molecule has 0 aliphatic carbocycles. The van der Waals surface area contributed by atoms with Crippen LogP contribution < -0.4 is 0 Å². The minimum absolute atomic E-state index is 0. The van der Waals surface area contributed by atoms with Gasteiger partial charge in [-0.1, -0.05) is 0 Å². The second kappa shape index (κ2) is 107. The van der Waals surface area contributed by atoms with Crippen molar-refractivity contribution in [2.75, 3.05) is 0 Å². The monoisotopic (exact) mass is 1020 g/mol. The van der Waals surface area contributed by atoms with E-state index in [0.29, 0.717) is 0 Å². The number of hydrogen-bond acceptors (Lipinski definition) is 0. The van der Waals surface area contributed by atoms with Gasteiger partial charge in [-0.05, 0) is 0 Å². The first kappa shape index (κ1) is 130. The van der Waals surface area contributed by atoms with E-state index < -0.39 is 0 Å². The summed E-state index contributed by atoms with van der Waals surface area (Å²) in [6.07, 6.45) is 0. The predicted octanol–water partition coefficient (Wildman–Crippen LogP) is -1.36. The van der Waals surface area contributed by atoms with E-state index in [0.717, 1.165) is 0 Å². The molecule has 0 rings (SSSR count). The molecule has 0 aromatic heterocycles. The van der Waals surface area contributed by atoms with Gasteiger partial charge in [0.2, 0.25) is 0 Å². The van der Waals surface area contributed by atoms with Crippen molar-refractivity contribution in [1.82, 2.24) is 0 Å². The summed E-state index contributed by atoms with van der Waals surface area (Å²) in [6.45, 7) is 0. The Hall–Kier alpha value is 5.54. The molecule has 11 heavy (non-hydrogen) atoms. The summed E-state index contributed by atoms with van der Waals surface area (Å²) in [4.78, 5) is 0. The molecule has 0 saturated heterocycles. The van der Waals surface area contributed by atoms with E-state index in [1.807, 2.05) is 0 Å². The van der Waals surface area contributed by atoms with E-state index in [2.05, 4.69) is 0 Å². The zero-order valence-corrected chi connectivity index (χ0v) is 19.5. The summed E-state index contributed by atoms with van der Waals surface area (Å²) >= 11 is 0.